The Morgan fingerprint density at radius 2 is 2.04 bits per heavy atom. The van der Waals surface area contributed by atoms with E-state index < -0.39 is 8.07 Å². The number of hydrogen-bond donors (Lipinski definition) is 1. The van der Waals surface area contributed by atoms with Crippen LogP contribution in [-0.4, -0.2) is 49.4 Å². The summed E-state index contributed by atoms with van der Waals surface area (Å²) in [5.41, 5.74) is 2.59. The third-order valence-corrected chi connectivity index (χ3v) is 6.26. The highest BCUT2D eigenvalue weighted by Crippen LogP contribution is 2.38. The second-order valence-electron chi connectivity index (χ2n) is 8.21. The zero-order chi connectivity index (χ0) is 20.3. The molecule has 148 valence electrons. The molecule has 0 bridgehead atoms. The second kappa shape index (κ2) is 8.14. The number of carbonyl (C=O) groups excluding carboxylic acids is 1. The Bertz CT molecular complexity index is 1010. The molecule has 3 rings (SSSR count). The van der Waals surface area contributed by atoms with E-state index in [-0.39, 0.29) is 0 Å². The number of isocyanates is 1. The lowest BCUT2D eigenvalue weighted by molar-refractivity contribution is 0.0891. The molecule has 0 saturated heterocycles. The topological polar surface area (TPSA) is 75.5 Å². The number of nitrogens with one attached hydrogen (secondary N) is 1. The summed E-state index contributed by atoms with van der Waals surface area (Å²) in [5.74, 6) is 1.26. The maximum Gasteiger partial charge on any atom is 0.242 e. The minimum Gasteiger partial charge on any atom is -0.361 e. The van der Waals surface area contributed by atoms with Crippen molar-refractivity contribution in [2.24, 2.45) is 4.99 Å². The molecular weight excluding hydrogens is 370 g/mol. The van der Waals surface area contributed by atoms with Gasteiger partial charge < -0.3 is 14.6 Å². The SMILES string of the molecule is CN(C)c1ncc(-c2c(N=C=O)[nH]c3ccccc23)n1COCC[Si](C)(C)C. The van der Waals surface area contributed by atoms with E-state index in [4.69, 9.17) is 4.74 Å². The number of aromatic nitrogens is 3. The minimum absolute atomic E-state index is 0.386. The quantitative estimate of drug-likeness (QED) is 0.265. The Morgan fingerprint density at radius 3 is 2.71 bits per heavy atom. The predicted molar refractivity (Wildman–Crippen MR) is 116 cm³/mol. The number of imidazole rings is 1. The van der Waals surface area contributed by atoms with Crippen molar-refractivity contribution in [1.82, 2.24) is 14.5 Å². The van der Waals surface area contributed by atoms with Crippen LogP contribution in [0.2, 0.25) is 25.7 Å². The summed E-state index contributed by atoms with van der Waals surface area (Å²) >= 11 is 0. The number of benzene rings is 1. The highest BCUT2D eigenvalue weighted by atomic mass is 28.3. The average Bonchev–Trinajstić information content (AvgIpc) is 3.18. The van der Waals surface area contributed by atoms with Crippen molar-refractivity contribution in [3.05, 3.63) is 30.5 Å². The Kier molecular flexibility index (Phi) is 5.83. The summed E-state index contributed by atoms with van der Waals surface area (Å²) in [6.45, 7) is 8.10. The largest absolute Gasteiger partial charge is 0.361 e. The number of H-pyrrole nitrogens is 1. The van der Waals surface area contributed by atoms with Crippen LogP contribution in [0.15, 0.2) is 35.5 Å². The second-order valence-corrected chi connectivity index (χ2v) is 13.8. The highest BCUT2D eigenvalue weighted by molar-refractivity contribution is 6.76. The smallest absolute Gasteiger partial charge is 0.242 e. The van der Waals surface area contributed by atoms with Gasteiger partial charge in [0.2, 0.25) is 12.0 Å². The summed E-state index contributed by atoms with van der Waals surface area (Å²) in [6, 6.07) is 8.97. The number of hydrogen-bond acceptors (Lipinski definition) is 5. The van der Waals surface area contributed by atoms with Gasteiger partial charge in [-0.25, -0.2) is 9.78 Å². The standard InChI is InChI=1S/C20H27N5O2Si/c1-24(2)20-21-12-17(25(20)14-27-10-11-28(3,4)5)18-15-8-6-7-9-16(15)23-19(18)22-13-26/h6-9,12,23H,10-11,14H2,1-5H3. The third-order valence-electron chi connectivity index (χ3n) is 4.55. The normalized spacial score (nSPS) is 11.6. The van der Waals surface area contributed by atoms with Crippen LogP contribution in [0.5, 0.6) is 0 Å². The number of aromatic amines is 1. The van der Waals surface area contributed by atoms with Gasteiger partial charge in [-0.15, -0.1) is 4.99 Å². The number of rotatable bonds is 8. The van der Waals surface area contributed by atoms with Crippen molar-refractivity contribution >= 4 is 36.8 Å². The van der Waals surface area contributed by atoms with Crippen molar-refractivity contribution in [2.45, 2.75) is 32.4 Å². The molecule has 2 heterocycles. The van der Waals surface area contributed by atoms with Gasteiger partial charge in [0.15, 0.2) is 5.82 Å². The lowest BCUT2D eigenvalue weighted by atomic mass is 10.1. The van der Waals surface area contributed by atoms with Crippen LogP contribution < -0.4 is 4.90 Å². The molecular formula is C20H27N5O2Si. The lowest BCUT2D eigenvalue weighted by Crippen LogP contribution is -2.22. The van der Waals surface area contributed by atoms with Crippen molar-refractivity contribution in [2.75, 3.05) is 25.6 Å². The molecule has 0 unspecified atom stereocenters. The van der Waals surface area contributed by atoms with E-state index in [1.54, 1.807) is 12.3 Å². The molecule has 1 N–H and O–H groups in total. The molecule has 8 heteroatoms. The van der Waals surface area contributed by atoms with Gasteiger partial charge in [-0.05, 0) is 12.1 Å². The van der Waals surface area contributed by atoms with Crippen molar-refractivity contribution < 1.29 is 9.53 Å². The number of aliphatic imine (C=N–C) groups is 1. The third kappa shape index (κ3) is 4.25. The van der Waals surface area contributed by atoms with Crippen LogP contribution in [0.3, 0.4) is 0 Å². The molecule has 2 aromatic heterocycles. The first-order valence-corrected chi connectivity index (χ1v) is 13.0. The summed E-state index contributed by atoms with van der Waals surface area (Å²) in [4.78, 5) is 24.6. The minimum atomic E-state index is -1.16. The van der Waals surface area contributed by atoms with E-state index in [1.165, 1.54) is 0 Å². The Hall–Kier alpha value is -2.67. The molecule has 0 fully saturated rings. The zero-order valence-corrected chi connectivity index (χ0v) is 18.1. The number of para-hydroxylation sites is 1. The van der Waals surface area contributed by atoms with Crippen LogP contribution in [0, 0.1) is 0 Å². The Labute approximate surface area is 166 Å². The molecule has 0 atom stereocenters. The molecule has 0 spiro atoms. The lowest BCUT2D eigenvalue weighted by Gasteiger charge is -2.19. The molecule has 28 heavy (non-hydrogen) atoms. The number of fused-ring (bicyclic) bond motifs is 1. The first-order valence-electron chi connectivity index (χ1n) is 9.31. The molecule has 0 radical (unpaired) electrons. The molecule has 0 amide bonds. The van der Waals surface area contributed by atoms with E-state index in [1.807, 2.05) is 47.8 Å². The number of anilines is 1. The average molecular weight is 398 g/mol. The van der Waals surface area contributed by atoms with Crippen LogP contribution in [0.1, 0.15) is 0 Å². The van der Waals surface area contributed by atoms with Crippen LogP contribution in [-0.2, 0) is 16.3 Å². The van der Waals surface area contributed by atoms with Gasteiger partial charge >= 0.3 is 0 Å². The van der Waals surface area contributed by atoms with Gasteiger partial charge in [0, 0.05) is 39.7 Å². The van der Waals surface area contributed by atoms with Crippen LogP contribution >= 0.6 is 0 Å². The van der Waals surface area contributed by atoms with Crippen molar-refractivity contribution in [3.63, 3.8) is 0 Å². The van der Waals surface area contributed by atoms with E-state index in [0.717, 1.165) is 34.2 Å². The van der Waals surface area contributed by atoms with Crippen molar-refractivity contribution in [1.29, 1.82) is 0 Å². The first-order chi connectivity index (χ1) is 13.3. The summed E-state index contributed by atoms with van der Waals surface area (Å²) < 4.78 is 8.03. The maximum atomic E-state index is 11.0. The van der Waals surface area contributed by atoms with E-state index in [0.29, 0.717) is 19.2 Å². The maximum absolute atomic E-state index is 11.0. The molecule has 0 aliphatic rings. The summed E-state index contributed by atoms with van der Waals surface area (Å²) in [5, 5.41) is 0.977. The molecule has 3 aromatic rings. The van der Waals surface area contributed by atoms with E-state index in [2.05, 4.69) is 34.6 Å². The van der Waals surface area contributed by atoms with Crippen molar-refractivity contribution in [3.8, 4) is 11.3 Å². The van der Waals surface area contributed by atoms with E-state index >= 15 is 0 Å². The highest BCUT2D eigenvalue weighted by Gasteiger charge is 2.21. The van der Waals surface area contributed by atoms with Gasteiger partial charge in [-0.2, -0.15) is 0 Å². The Morgan fingerprint density at radius 1 is 1.29 bits per heavy atom. The fourth-order valence-corrected chi connectivity index (χ4v) is 3.86. The van der Waals surface area contributed by atoms with E-state index in [9.17, 15) is 4.79 Å². The number of ether oxygens (including phenoxy) is 1. The van der Waals surface area contributed by atoms with Gasteiger partial charge in [0.25, 0.3) is 0 Å². The van der Waals surface area contributed by atoms with Gasteiger partial charge in [0.05, 0.1) is 17.5 Å². The Balaban J connectivity index is 2.04. The molecule has 0 saturated carbocycles. The van der Waals surface area contributed by atoms with Crippen LogP contribution in [0.25, 0.3) is 22.2 Å². The van der Waals surface area contributed by atoms with Gasteiger partial charge in [0.1, 0.15) is 6.73 Å². The molecule has 7 nitrogen and oxygen atoms in total. The van der Waals surface area contributed by atoms with Crippen LogP contribution in [0.4, 0.5) is 11.8 Å². The first kappa shape index (κ1) is 20.1. The predicted octanol–water partition coefficient (Wildman–Crippen LogP) is 4.38. The zero-order valence-electron chi connectivity index (χ0n) is 17.1. The number of nitrogens with zero attached hydrogens (tertiary/aromatic N) is 4. The molecule has 0 aliphatic carbocycles. The molecule has 1 aromatic carbocycles. The fourth-order valence-electron chi connectivity index (χ4n) is 3.10. The van der Waals surface area contributed by atoms with Gasteiger partial charge in [-0.3, -0.25) is 4.57 Å². The summed E-state index contributed by atoms with van der Waals surface area (Å²) in [7, 11) is 2.74. The summed E-state index contributed by atoms with van der Waals surface area (Å²) in [6.07, 6.45) is 3.45. The fraction of sp³-hybridized carbons (Fsp3) is 0.400. The molecule has 0 aliphatic heterocycles. The van der Waals surface area contributed by atoms with Gasteiger partial charge in [-0.1, -0.05) is 37.8 Å². The monoisotopic (exact) mass is 397 g/mol.